The van der Waals surface area contributed by atoms with Gasteiger partial charge in [0.15, 0.2) is 0 Å². The van der Waals surface area contributed by atoms with Gasteiger partial charge in [0.25, 0.3) is 0 Å². The molecule has 2 nitrogen and oxygen atoms in total. The average Bonchev–Trinajstić information content (AvgIpc) is 1.76. The smallest absolute Gasteiger partial charge is 0.0845 e. The molecule has 1 heterocycles. The summed E-state index contributed by atoms with van der Waals surface area (Å²) in [6.45, 7) is 1.56. The third-order valence-electron chi connectivity index (χ3n) is 0.539. The lowest BCUT2D eigenvalue weighted by atomic mass is 10.5. The van der Waals surface area contributed by atoms with Crippen molar-refractivity contribution < 1.29 is 9.78 Å². The van der Waals surface area contributed by atoms with Gasteiger partial charge in [0.1, 0.15) is 0 Å². The molecule has 1 aliphatic rings. The predicted octanol–water partition coefficient (Wildman–Crippen LogP) is 0.543. The first-order chi connectivity index (χ1) is 2.50. The van der Waals surface area contributed by atoms with E-state index in [4.69, 9.17) is 0 Å². The van der Waals surface area contributed by atoms with Crippen LogP contribution in [0.15, 0.2) is 0 Å². The maximum Gasteiger partial charge on any atom is 0.0845 e. The van der Waals surface area contributed by atoms with Gasteiger partial charge in [-0.3, -0.25) is 0 Å². The Morgan fingerprint density at radius 1 is 1.00 bits per heavy atom. The highest BCUT2D eigenvalue weighted by molar-refractivity contribution is 4.31. The predicted molar refractivity (Wildman–Crippen MR) is 20.8 cm³/mol. The van der Waals surface area contributed by atoms with Crippen LogP contribution >= 0.6 is 0 Å². The second kappa shape index (κ2) is 3.12. The van der Waals surface area contributed by atoms with Crippen molar-refractivity contribution in [2.45, 2.75) is 6.42 Å². The lowest BCUT2D eigenvalue weighted by Gasteiger charge is -1.77. The molecule has 1 saturated heterocycles. The highest BCUT2D eigenvalue weighted by atomic mass is 17.2. The van der Waals surface area contributed by atoms with Crippen LogP contribution in [0.1, 0.15) is 6.42 Å². The molecule has 1 fully saturated rings. The lowest BCUT2D eigenvalue weighted by Crippen LogP contribution is -1.72. The van der Waals surface area contributed by atoms with Crippen LogP contribution in [-0.4, -0.2) is 13.2 Å². The first kappa shape index (κ1) is 5.92. The Bertz CT molecular complexity index is 17.1. The summed E-state index contributed by atoms with van der Waals surface area (Å²) < 4.78 is 0. The minimum Gasteiger partial charge on any atom is -0.237 e. The van der Waals surface area contributed by atoms with Crippen molar-refractivity contribution in [3.63, 3.8) is 0 Å². The molecule has 0 bridgehead atoms. The molecule has 0 unspecified atom stereocenters. The summed E-state index contributed by atoms with van der Waals surface area (Å²) in [5, 5.41) is 0. The maximum absolute atomic E-state index is 4.44. The Labute approximate surface area is 38.0 Å². The van der Waals surface area contributed by atoms with Crippen LogP contribution in [0.2, 0.25) is 0 Å². The van der Waals surface area contributed by atoms with Gasteiger partial charge in [-0.25, -0.2) is 9.78 Å². The van der Waals surface area contributed by atoms with Crippen molar-refractivity contribution in [2.75, 3.05) is 13.2 Å². The van der Waals surface area contributed by atoms with Crippen molar-refractivity contribution in [1.29, 1.82) is 0 Å². The molecule has 0 aromatic heterocycles. The second-order valence-electron chi connectivity index (χ2n) is 0.998. The van der Waals surface area contributed by atoms with Crippen LogP contribution in [0.25, 0.3) is 0 Å². The van der Waals surface area contributed by atoms with Gasteiger partial charge in [0, 0.05) is 6.42 Å². The maximum atomic E-state index is 4.44. The van der Waals surface area contributed by atoms with Crippen LogP contribution in [-0.2, 0) is 9.78 Å². The third kappa shape index (κ3) is 1.38. The van der Waals surface area contributed by atoms with E-state index in [1.165, 1.54) is 0 Å². The molecule has 0 saturated carbocycles. The fourth-order valence-corrected chi connectivity index (χ4v) is 0.295. The van der Waals surface area contributed by atoms with Crippen molar-refractivity contribution >= 4 is 0 Å². The van der Waals surface area contributed by atoms with Gasteiger partial charge in [-0.2, -0.15) is 0 Å². The van der Waals surface area contributed by atoms with Gasteiger partial charge in [-0.05, 0) is 7.43 Å². The first-order valence-corrected chi connectivity index (χ1v) is 1.74. The van der Waals surface area contributed by atoms with E-state index in [2.05, 4.69) is 9.78 Å². The van der Waals surface area contributed by atoms with Crippen molar-refractivity contribution in [3.8, 4) is 0 Å². The normalized spacial score (nSPS) is 20.0. The third-order valence-corrected chi connectivity index (χ3v) is 0.539. The molecule has 0 N–H and O–H groups in total. The number of rotatable bonds is 0. The first-order valence-electron chi connectivity index (χ1n) is 1.74. The Morgan fingerprint density at radius 2 is 1.50 bits per heavy atom. The monoisotopic (exact) mass is 87.0 g/mol. The van der Waals surface area contributed by atoms with E-state index in [0.717, 1.165) is 19.6 Å². The summed E-state index contributed by atoms with van der Waals surface area (Å²) in [7, 11) is 0. The zero-order valence-corrected chi connectivity index (χ0v) is 3.52. The van der Waals surface area contributed by atoms with Gasteiger partial charge < -0.3 is 0 Å². The molecular formula is C4H7O2. The molecule has 0 amide bonds. The van der Waals surface area contributed by atoms with E-state index in [-0.39, 0.29) is 7.43 Å². The van der Waals surface area contributed by atoms with Gasteiger partial charge in [0.2, 0.25) is 0 Å². The van der Waals surface area contributed by atoms with E-state index in [0.29, 0.717) is 0 Å². The molecule has 0 atom stereocenters. The molecule has 6 heavy (non-hydrogen) atoms. The van der Waals surface area contributed by atoms with Gasteiger partial charge >= 0.3 is 0 Å². The molecule has 3 radical (unpaired) electrons. The van der Waals surface area contributed by atoms with Crippen LogP contribution in [0.5, 0.6) is 0 Å². The summed E-state index contributed by atoms with van der Waals surface area (Å²) in [5.74, 6) is 0. The van der Waals surface area contributed by atoms with Gasteiger partial charge in [0.05, 0.1) is 13.2 Å². The lowest BCUT2D eigenvalue weighted by molar-refractivity contribution is -0.248. The minimum atomic E-state index is 0. The highest BCUT2D eigenvalue weighted by Crippen LogP contribution is 1.93. The zero-order chi connectivity index (χ0) is 3.54. The molecule has 2 heteroatoms. The molecule has 1 rings (SSSR count). The summed E-state index contributed by atoms with van der Waals surface area (Å²) in [4.78, 5) is 8.89. The number of hydrogen-bond donors (Lipinski definition) is 0. The molecule has 1 aliphatic heterocycles. The SMILES string of the molecule is C1COOC1.[CH]. The standard InChI is InChI=1S/C3H6O2.CH/c1-2-4-5-3-1;/h1-3H2;1H. The zero-order valence-electron chi connectivity index (χ0n) is 3.52. The number of hydrogen-bond acceptors (Lipinski definition) is 2. The fraction of sp³-hybridized carbons (Fsp3) is 0.750. The van der Waals surface area contributed by atoms with Crippen LogP contribution in [0, 0.1) is 7.43 Å². The van der Waals surface area contributed by atoms with Crippen LogP contribution in [0.4, 0.5) is 0 Å². The highest BCUT2D eigenvalue weighted by Gasteiger charge is 1.95. The molecule has 0 aliphatic carbocycles. The Hall–Kier alpha value is -0.0800. The van der Waals surface area contributed by atoms with E-state index < -0.39 is 0 Å². The molecule has 0 spiro atoms. The minimum absolute atomic E-state index is 0. The Morgan fingerprint density at radius 3 is 1.67 bits per heavy atom. The van der Waals surface area contributed by atoms with Crippen LogP contribution in [0.3, 0.4) is 0 Å². The van der Waals surface area contributed by atoms with E-state index in [9.17, 15) is 0 Å². The summed E-state index contributed by atoms with van der Waals surface area (Å²) in [6, 6.07) is 0. The molecule has 0 aromatic carbocycles. The summed E-state index contributed by atoms with van der Waals surface area (Å²) >= 11 is 0. The molecule has 35 valence electrons. The summed E-state index contributed by atoms with van der Waals surface area (Å²) in [5.41, 5.74) is 0. The Balaban J connectivity index is 0.000000250. The van der Waals surface area contributed by atoms with Crippen molar-refractivity contribution in [1.82, 2.24) is 0 Å². The fourth-order valence-electron chi connectivity index (χ4n) is 0.295. The second-order valence-corrected chi connectivity index (χ2v) is 0.998. The van der Waals surface area contributed by atoms with Crippen molar-refractivity contribution in [3.05, 3.63) is 7.43 Å². The Kier molecular flexibility index (Phi) is 3.08. The molecule has 0 aromatic rings. The largest absolute Gasteiger partial charge is 0.237 e. The van der Waals surface area contributed by atoms with Gasteiger partial charge in [-0.1, -0.05) is 0 Å². The van der Waals surface area contributed by atoms with E-state index >= 15 is 0 Å². The van der Waals surface area contributed by atoms with Crippen molar-refractivity contribution in [2.24, 2.45) is 0 Å². The van der Waals surface area contributed by atoms with E-state index in [1.54, 1.807) is 0 Å². The topological polar surface area (TPSA) is 18.5 Å². The van der Waals surface area contributed by atoms with Gasteiger partial charge in [-0.15, -0.1) is 0 Å². The average molecular weight is 87.1 g/mol. The quantitative estimate of drug-likeness (QED) is 0.401. The van der Waals surface area contributed by atoms with Crippen LogP contribution < -0.4 is 0 Å². The van der Waals surface area contributed by atoms with E-state index in [1.807, 2.05) is 0 Å². The summed E-state index contributed by atoms with van der Waals surface area (Å²) in [6.07, 6.45) is 1.06. The molecular weight excluding hydrogens is 80.0 g/mol.